The third-order valence-corrected chi connectivity index (χ3v) is 5.12. The van der Waals surface area contributed by atoms with Gasteiger partial charge in [0, 0.05) is 39.1 Å². The van der Waals surface area contributed by atoms with Crippen LogP contribution >= 0.6 is 0 Å². The topological polar surface area (TPSA) is 41.4 Å². The van der Waals surface area contributed by atoms with Gasteiger partial charge in [-0.05, 0) is 30.9 Å². The molecule has 0 saturated carbocycles. The second-order valence-electron chi connectivity index (χ2n) is 6.88. The van der Waals surface area contributed by atoms with Gasteiger partial charge in [0.25, 0.3) is 0 Å². The lowest BCUT2D eigenvalue weighted by Gasteiger charge is -2.35. The second-order valence-corrected chi connectivity index (χ2v) is 6.88. The number of imidazole rings is 1. The van der Waals surface area contributed by atoms with E-state index in [0.717, 1.165) is 38.3 Å². The van der Waals surface area contributed by atoms with Gasteiger partial charge in [-0.25, -0.2) is 4.98 Å². The fourth-order valence-corrected chi connectivity index (χ4v) is 3.53. The molecule has 1 aromatic carbocycles. The summed E-state index contributed by atoms with van der Waals surface area (Å²) in [4.78, 5) is 21.8. The Bertz CT molecular complexity index is 724. The van der Waals surface area contributed by atoms with Crippen molar-refractivity contribution in [3.05, 3.63) is 53.6 Å². The zero-order valence-electron chi connectivity index (χ0n) is 15.5. The van der Waals surface area contributed by atoms with Crippen LogP contribution in [0.25, 0.3) is 0 Å². The Hall–Kier alpha value is -2.14. The van der Waals surface area contributed by atoms with E-state index in [-0.39, 0.29) is 11.9 Å². The highest BCUT2D eigenvalue weighted by Crippen LogP contribution is 2.21. The summed E-state index contributed by atoms with van der Waals surface area (Å²) in [6.45, 7) is 7.28. The van der Waals surface area contributed by atoms with Crippen molar-refractivity contribution in [3.63, 3.8) is 0 Å². The summed E-state index contributed by atoms with van der Waals surface area (Å²) >= 11 is 0. The lowest BCUT2D eigenvalue weighted by Crippen LogP contribution is -2.48. The largest absolute Gasteiger partial charge is 0.337 e. The Morgan fingerprint density at radius 3 is 2.76 bits per heavy atom. The molecule has 1 atom stereocenters. The first kappa shape index (κ1) is 17.7. The number of nitrogens with zero attached hydrogens (tertiary/aromatic N) is 4. The van der Waals surface area contributed by atoms with Crippen molar-refractivity contribution in [2.24, 2.45) is 7.05 Å². The van der Waals surface area contributed by atoms with Gasteiger partial charge in [-0.2, -0.15) is 0 Å². The first-order valence-corrected chi connectivity index (χ1v) is 9.16. The first-order valence-electron chi connectivity index (χ1n) is 9.16. The third kappa shape index (κ3) is 3.93. The van der Waals surface area contributed by atoms with E-state index >= 15 is 0 Å². The van der Waals surface area contributed by atoms with Gasteiger partial charge >= 0.3 is 0 Å². The molecule has 2 heterocycles. The van der Waals surface area contributed by atoms with Crippen LogP contribution in [-0.2, 0) is 31.4 Å². The van der Waals surface area contributed by atoms with Crippen LogP contribution in [0.2, 0.25) is 0 Å². The highest BCUT2D eigenvalue weighted by Gasteiger charge is 2.28. The van der Waals surface area contributed by atoms with Crippen molar-refractivity contribution in [2.45, 2.75) is 45.8 Å². The van der Waals surface area contributed by atoms with Gasteiger partial charge in [-0.15, -0.1) is 0 Å². The molecule has 2 aromatic rings. The molecule has 0 radical (unpaired) electrons. The van der Waals surface area contributed by atoms with E-state index in [2.05, 4.69) is 41.1 Å². The molecule has 0 aliphatic carbocycles. The predicted octanol–water partition coefficient (Wildman–Crippen LogP) is 2.61. The Labute approximate surface area is 150 Å². The van der Waals surface area contributed by atoms with Gasteiger partial charge in [0.15, 0.2) is 0 Å². The van der Waals surface area contributed by atoms with Crippen molar-refractivity contribution in [1.29, 1.82) is 0 Å². The summed E-state index contributed by atoms with van der Waals surface area (Å²) < 4.78 is 1.98. The number of carbonyl (C=O) groups excluding carboxylic acids is 1. The fourth-order valence-electron chi connectivity index (χ4n) is 3.53. The van der Waals surface area contributed by atoms with E-state index in [0.29, 0.717) is 6.54 Å². The average molecular weight is 340 g/mol. The number of hydrogen-bond donors (Lipinski definition) is 0. The van der Waals surface area contributed by atoms with Gasteiger partial charge in [-0.3, -0.25) is 9.69 Å². The zero-order valence-corrected chi connectivity index (χ0v) is 15.5. The average Bonchev–Trinajstić information content (AvgIpc) is 3.04. The van der Waals surface area contributed by atoms with Crippen LogP contribution in [0.5, 0.6) is 0 Å². The summed E-state index contributed by atoms with van der Waals surface area (Å²) in [6.07, 6.45) is 5.68. The molecule has 1 aromatic heterocycles. The van der Waals surface area contributed by atoms with Crippen LogP contribution in [0.4, 0.5) is 0 Å². The van der Waals surface area contributed by atoms with Gasteiger partial charge < -0.3 is 9.47 Å². The highest BCUT2D eigenvalue weighted by molar-refractivity contribution is 5.81. The lowest BCUT2D eigenvalue weighted by atomic mass is 9.98. The molecule has 1 aliphatic heterocycles. The van der Waals surface area contributed by atoms with Crippen LogP contribution in [0.15, 0.2) is 36.7 Å². The fraction of sp³-hybridized carbons (Fsp3) is 0.500. The number of aromatic nitrogens is 2. The molecule has 0 spiro atoms. The molecule has 1 amide bonds. The molecule has 0 bridgehead atoms. The molecule has 134 valence electrons. The standard InChI is InChI=1S/C20H28N4O/c1-4-11-24(15-19-21-10-13-22(19)3)20(25)16(2)23-12-9-17-7-5-6-8-18(17)14-23/h5-8,10,13,16H,4,9,11-12,14-15H2,1-3H3. The van der Waals surface area contributed by atoms with Crippen LogP contribution < -0.4 is 0 Å². The molecular formula is C20H28N4O. The number of hydrogen-bond acceptors (Lipinski definition) is 3. The summed E-state index contributed by atoms with van der Waals surface area (Å²) in [6, 6.07) is 8.44. The second kappa shape index (κ2) is 7.83. The summed E-state index contributed by atoms with van der Waals surface area (Å²) in [7, 11) is 1.97. The number of amides is 1. The number of carbonyl (C=O) groups is 1. The quantitative estimate of drug-likeness (QED) is 0.812. The van der Waals surface area contributed by atoms with E-state index < -0.39 is 0 Å². The monoisotopic (exact) mass is 340 g/mol. The summed E-state index contributed by atoms with van der Waals surface area (Å²) in [5.74, 6) is 1.13. The van der Waals surface area contributed by atoms with Gasteiger partial charge in [0.1, 0.15) is 5.82 Å². The van der Waals surface area contributed by atoms with Gasteiger partial charge in [0.2, 0.25) is 5.91 Å². The maximum absolute atomic E-state index is 13.1. The molecule has 0 N–H and O–H groups in total. The van der Waals surface area contributed by atoms with E-state index in [9.17, 15) is 4.79 Å². The number of aryl methyl sites for hydroxylation is 1. The van der Waals surface area contributed by atoms with Crippen molar-refractivity contribution in [1.82, 2.24) is 19.4 Å². The maximum atomic E-state index is 13.1. The zero-order chi connectivity index (χ0) is 17.8. The minimum Gasteiger partial charge on any atom is -0.337 e. The molecule has 25 heavy (non-hydrogen) atoms. The Morgan fingerprint density at radius 2 is 2.08 bits per heavy atom. The smallest absolute Gasteiger partial charge is 0.240 e. The van der Waals surface area contributed by atoms with Gasteiger partial charge in [-0.1, -0.05) is 31.2 Å². The number of rotatable bonds is 6. The Balaban J connectivity index is 1.70. The summed E-state index contributed by atoms with van der Waals surface area (Å²) in [5, 5.41) is 0. The van der Waals surface area contributed by atoms with Crippen LogP contribution in [0, 0.1) is 0 Å². The van der Waals surface area contributed by atoms with Crippen molar-refractivity contribution in [2.75, 3.05) is 13.1 Å². The van der Waals surface area contributed by atoms with E-state index in [1.807, 2.05) is 29.6 Å². The van der Waals surface area contributed by atoms with Crippen molar-refractivity contribution >= 4 is 5.91 Å². The number of benzene rings is 1. The molecule has 1 aliphatic rings. The molecule has 3 rings (SSSR count). The maximum Gasteiger partial charge on any atom is 0.240 e. The van der Waals surface area contributed by atoms with Crippen molar-refractivity contribution in [3.8, 4) is 0 Å². The van der Waals surface area contributed by atoms with Crippen molar-refractivity contribution < 1.29 is 4.79 Å². The van der Waals surface area contributed by atoms with Crippen LogP contribution in [0.3, 0.4) is 0 Å². The highest BCUT2D eigenvalue weighted by atomic mass is 16.2. The van der Waals surface area contributed by atoms with E-state index in [1.165, 1.54) is 11.1 Å². The molecule has 0 fully saturated rings. The van der Waals surface area contributed by atoms with Gasteiger partial charge in [0.05, 0.1) is 12.6 Å². The molecular weight excluding hydrogens is 312 g/mol. The predicted molar refractivity (Wildman–Crippen MR) is 98.9 cm³/mol. The SMILES string of the molecule is CCCN(Cc1nccn1C)C(=O)C(C)N1CCc2ccccc2C1. The minimum atomic E-state index is -0.111. The Kier molecular flexibility index (Phi) is 5.53. The van der Waals surface area contributed by atoms with E-state index in [4.69, 9.17) is 0 Å². The molecule has 1 unspecified atom stereocenters. The molecule has 5 nitrogen and oxygen atoms in total. The summed E-state index contributed by atoms with van der Waals surface area (Å²) in [5.41, 5.74) is 2.76. The minimum absolute atomic E-state index is 0.111. The first-order chi connectivity index (χ1) is 12.1. The Morgan fingerprint density at radius 1 is 1.32 bits per heavy atom. The molecule has 0 saturated heterocycles. The van der Waals surface area contributed by atoms with Crippen LogP contribution in [0.1, 0.15) is 37.2 Å². The normalized spacial score (nSPS) is 15.6. The lowest BCUT2D eigenvalue weighted by molar-refractivity contribution is -0.137. The van der Waals surface area contributed by atoms with Crippen LogP contribution in [-0.4, -0.2) is 44.4 Å². The number of fused-ring (bicyclic) bond motifs is 1. The third-order valence-electron chi connectivity index (χ3n) is 5.12. The molecule has 5 heteroatoms. The van der Waals surface area contributed by atoms with E-state index in [1.54, 1.807) is 6.20 Å².